The summed E-state index contributed by atoms with van der Waals surface area (Å²) in [5, 5.41) is 12.6. The van der Waals surface area contributed by atoms with Crippen molar-refractivity contribution in [1.82, 2.24) is 9.97 Å². The van der Waals surface area contributed by atoms with E-state index >= 15 is 0 Å². The van der Waals surface area contributed by atoms with Crippen LogP contribution in [0.3, 0.4) is 0 Å². The Morgan fingerprint density at radius 1 is 0.478 bits per heavy atom. The largest absolute Gasteiger partial charge is 0.507 e. The average molecular weight is 903 g/mol. The molecule has 4 aromatic carbocycles. The molecule has 67 heavy (non-hydrogen) atoms. The number of esters is 1. The van der Waals surface area contributed by atoms with Crippen molar-refractivity contribution in [2.75, 3.05) is 13.7 Å². The van der Waals surface area contributed by atoms with E-state index in [-0.39, 0.29) is 47.2 Å². The molecule has 6 aromatic rings. The summed E-state index contributed by atoms with van der Waals surface area (Å²) >= 11 is 0. The number of benzene rings is 4. The molecule has 352 valence electrons. The Morgan fingerprint density at radius 3 is 1.06 bits per heavy atom. The molecule has 2 aromatic heterocycles. The highest BCUT2D eigenvalue weighted by molar-refractivity contribution is 5.71. The van der Waals surface area contributed by atoms with Gasteiger partial charge in [-0.15, -0.1) is 0 Å². The van der Waals surface area contributed by atoms with Crippen LogP contribution in [-0.2, 0) is 70.1 Å². The van der Waals surface area contributed by atoms with Crippen molar-refractivity contribution in [1.29, 1.82) is 0 Å². The highest BCUT2D eigenvalue weighted by atomic mass is 16.6. The van der Waals surface area contributed by atoms with Crippen molar-refractivity contribution in [2.45, 2.75) is 144 Å². The minimum absolute atomic E-state index is 0.213. The van der Waals surface area contributed by atoms with Crippen LogP contribution in [-0.4, -0.2) is 34.8 Å². The van der Waals surface area contributed by atoms with Crippen molar-refractivity contribution in [2.24, 2.45) is 0 Å². The lowest BCUT2D eigenvalue weighted by atomic mass is 9.79. The van der Waals surface area contributed by atoms with Gasteiger partial charge in [-0.05, 0) is 113 Å². The van der Waals surface area contributed by atoms with E-state index in [1.54, 1.807) is 12.4 Å². The fourth-order valence-corrected chi connectivity index (χ4v) is 8.64. The molecule has 0 amide bonds. The van der Waals surface area contributed by atoms with E-state index in [9.17, 15) is 9.90 Å². The molecule has 2 heterocycles. The van der Waals surface area contributed by atoms with Crippen LogP contribution in [0.1, 0.15) is 161 Å². The predicted molar refractivity (Wildman–Crippen MR) is 268 cm³/mol. The molecule has 0 unspecified atom stereocenters. The van der Waals surface area contributed by atoms with Crippen LogP contribution in [0.2, 0.25) is 0 Å². The van der Waals surface area contributed by atoms with Gasteiger partial charge in [0, 0.05) is 38.1 Å². The Morgan fingerprint density at radius 2 is 0.776 bits per heavy atom. The molecule has 0 fully saturated rings. The van der Waals surface area contributed by atoms with Crippen LogP contribution in [0, 0.1) is 0 Å². The van der Waals surface area contributed by atoms with E-state index < -0.39 is 5.97 Å². The lowest BCUT2D eigenvalue weighted by Gasteiger charge is -2.29. The van der Waals surface area contributed by atoms with Gasteiger partial charge in [-0.1, -0.05) is 144 Å². The minimum atomic E-state index is -0.480. The van der Waals surface area contributed by atoms with Gasteiger partial charge in [0.15, 0.2) is 6.61 Å². The van der Waals surface area contributed by atoms with Gasteiger partial charge in [-0.25, -0.2) is 4.79 Å². The second kappa shape index (κ2) is 19.2. The molecule has 0 atom stereocenters. The Bertz CT molecular complexity index is 2730. The van der Waals surface area contributed by atoms with E-state index in [2.05, 4.69) is 142 Å². The fourth-order valence-electron chi connectivity index (χ4n) is 8.64. The van der Waals surface area contributed by atoms with Crippen LogP contribution in [0.4, 0.5) is 0 Å². The van der Waals surface area contributed by atoms with Crippen molar-refractivity contribution in [3.8, 4) is 23.0 Å². The van der Waals surface area contributed by atoms with Gasteiger partial charge < -0.3 is 24.1 Å². The quantitative estimate of drug-likeness (QED) is 0.143. The van der Waals surface area contributed by atoms with Gasteiger partial charge in [0.05, 0.1) is 18.5 Å². The molecule has 1 N–H and O–H groups in total. The van der Waals surface area contributed by atoms with Gasteiger partial charge in [-0.2, -0.15) is 0 Å². The number of fused-ring (bicyclic) bond motifs is 8. The first-order chi connectivity index (χ1) is 31.5. The van der Waals surface area contributed by atoms with E-state index in [1.165, 1.54) is 7.11 Å². The lowest BCUT2D eigenvalue weighted by molar-refractivity contribution is -0.142. The maximum absolute atomic E-state index is 12.9. The van der Waals surface area contributed by atoms with Crippen molar-refractivity contribution in [3.05, 3.63) is 175 Å². The highest BCUT2D eigenvalue weighted by Crippen LogP contribution is 2.44. The standard InChI is InChI=1S/C59H70N2O6/c1-56(2,3)45-26-37-22-39-28-46(57(4,5)6)30-41(53(39)65-34-49-18-14-16-20-60-49)24-42-31-48(59(10,11)12)32-43(54(42)66-35-50-19-15-17-21-61-50)25-44-33-47(58(7,8)9)29-40(23-38(27-45)52(37)63)55(44)67-36-51(62)64-13/h14-21,26-33,63H,22-25,34-36H2,1-13H3. The molecule has 8 nitrogen and oxygen atoms in total. The van der Waals surface area contributed by atoms with E-state index in [1.807, 2.05) is 36.4 Å². The number of phenolic OH excluding ortho intramolecular Hbond substituents is 1. The van der Waals surface area contributed by atoms with E-state index in [4.69, 9.17) is 18.9 Å². The molecule has 0 aliphatic heterocycles. The number of methoxy groups -OCH3 is 1. The van der Waals surface area contributed by atoms with Crippen molar-refractivity contribution < 1.29 is 28.8 Å². The molecule has 0 saturated heterocycles. The summed E-state index contributed by atoms with van der Waals surface area (Å²) in [5.41, 5.74) is 12.5. The van der Waals surface area contributed by atoms with Crippen LogP contribution in [0.5, 0.6) is 23.0 Å². The number of pyridine rings is 2. The maximum Gasteiger partial charge on any atom is 0.343 e. The smallest absolute Gasteiger partial charge is 0.343 e. The number of ether oxygens (including phenoxy) is 4. The zero-order valence-corrected chi connectivity index (χ0v) is 42.1. The first-order valence-electron chi connectivity index (χ1n) is 23.6. The zero-order chi connectivity index (χ0) is 48.5. The Hall–Kier alpha value is -6.15. The molecule has 0 radical (unpaired) electrons. The van der Waals surface area contributed by atoms with E-state index in [0.717, 1.165) is 89.6 Å². The monoisotopic (exact) mass is 903 g/mol. The first kappa shape index (κ1) is 48.8. The number of phenols is 1. The van der Waals surface area contributed by atoms with Gasteiger partial charge in [0.2, 0.25) is 0 Å². The summed E-state index contributed by atoms with van der Waals surface area (Å²) < 4.78 is 25.8. The third-order valence-corrected chi connectivity index (χ3v) is 12.7. The zero-order valence-electron chi connectivity index (χ0n) is 42.1. The summed E-state index contributed by atoms with van der Waals surface area (Å²) in [6.45, 7) is 26.9. The second-order valence-electron chi connectivity index (χ2n) is 22.3. The van der Waals surface area contributed by atoms with Crippen LogP contribution < -0.4 is 14.2 Å². The Labute approximate surface area is 399 Å². The molecule has 0 saturated carbocycles. The molecular formula is C59H70N2O6. The van der Waals surface area contributed by atoms with Gasteiger partial charge in [0.25, 0.3) is 0 Å². The maximum atomic E-state index is 12.9. The molecule has 7 rings (SSSR count). The number of carbonyl (C=O) groups excluding carboxylic acids is 1. The Balaban J connectivity index is 1.60. The summed E-state index contributed by atoms with van der Waals surface area (Å²) in [4.78, 5) is 22.2. The fraction of sp³-hybridized carbons (Fsp3) is 0.407. The summed E-state index contributed by atoms with van der Waals surface area (Å²) in [5.74, 6) is 1.88. The molecule has 1 aliphatic carbocycles. The minimum Gasteiger partial charge on any atom is -0.507 e. The van der Waals surface area contributed by atoms with Gasteiger partial charge in [-0.3, -0.25) is 9.97 Å². The van der Waals surface area contributed by atoms with Crippen LogP contribution in [0.15, 0.2) is 97.3 Å². The number of carbonyl (C=O) groups is 1. The molecule has 8 heteroatoms. The van der Waals surface area contributed by atoms with Crippen LogP contribution in [0.25, 0.3) is 0 Å². The molecule has 8 bridgehead atoms. The van der Waals surface area contributed by atoms with Gasteiger partial charge >= 0.3 is 5.97 Å². The van der Waals surface area contributed by atoms with Crippen molar-refractivity contribution >= 4 is 5.97 Å². The number of aromatic hydroxyl groups is 1. The normalized spacial score (nSPS) is 13.2. The third-order valence-electron chi connectivity index (χ3n) is 12.7. The second-order valence-corrected chi connectivity index (χ2v) is 22.3. The molecule has 1 aliphatic rings. The highest BCUT2D eigenvalue weighted by Gasteiger charge is 2.29. The average Bonchev–Trinajstić information content (AvgIpc) is 3.25. The number of hydrogen-bond acceptors (Lipinski definition) is 8. The molecular weight excluding hydrogens is 833 g/mol. The number of rotatable bonds is 9. The van der Waals surface area contributed by atoms with Gasteiger partial charge in [0.1, 0.15) is 36.2 Å². The van der Waals surface area contributed by atoms with E-state index in [0.29, 0.717) is 31.4 Å². The number of aromatic nitrogens is 2. The summed E-state index contributed by atoms with van der Waals surface area (Å²) in [6.07, 6.45) is 5.26. The van der Waals surface area contributed by atoms with Crippen LogP contribution >= 0.6 is 0 Å². The summed E-state index contributed by atoms with van der Waals surface area (Å²) in [7, 11) is 1.37. The number of hydrogen-bond donors (Lipinski definition) is 1. The number of nitrogens with zero attached hydrogens (tertiary/aromatic N) is 2. The molecule has 0 spiro atoms. The Kier molecular flexibility index (Phi) is 14.0. The summed E-state index contributed by atoms with van der Waals surface area (Å²) in [6, 6.07) is 29.6. The first-order valence-corrected chi connectivity index (χ1v) is 23.6. The lowest BCUT2D eigenvalue weighted by Crippen LogP contribution is -2.18. The SMILES string of the molecule is COC(=O)COc1c2cc(C(C)(C)C)cc1Cc1cc(C(C)(C)C)cc(c1OCc1ccccn1)Cc1cc(C(C)(C)C)cc(c1OCc1ccccn1)Cc1cc(C(C)(C)C)cc(c1O)C2. The topological polar surface area (TPSA) is 100 Å². The van der Waals surface area contributed by atoms with Crippen molar-refractivity contribution in [3.63, 3.8) is 0 Å². The predicted octanol–water partition coefficient (Wildman–Crippen LogP) is 12.8. The third kappa shape index (κ3) is 11.7.